The fraction of sp³-hybridized carbons (Fsp3) is 0.750. The number of carboxylic acid groups (broad SMARTS) is 1. The van der Waals surface area contributed by atoms with Crippen LogP contribution in [0.1, 0.15) is 226 Å². The van der Waals surface area contributed by atoms with Crippen LogP contribution in [0, 0.1) is 0 Å². The van der Waals surface area contributed by atoms with Crippen LogP contribution in [0.2, 0.25) is 0 Å². The maximum absolute atomic E-state index is 12.6. The fourth-order valence-corrected chi connectivity index (χ4v) is 6.51. The average molecular weight is 725 g/mol. The maximum atomic E-state index is 12.6. The predicted octanol–water partition coefficient (Wildman–Crippen LogP) is 15.7. The zero-order valence-electron chi connectivity index (χ0n) is 34.4. The van der Waals surface area contributed by atoms with Crippen molar-refractivity contribution in [3.63, 3.8) is 0 Å². The zero-order valence-corrected chi connectivity index (χ0v) is 34.4. The Bertz CT molecular complexity index is 911. The van der Waals surface area contributed by atoms with Crippen molar-refractivity contribution in [3.8, 4) is 0 Å². The van der Waals surface area contributed by atoms with Crippen molar-refractivity contribution >= 4 is 11.9 Å². The molecular formula is C48H84O4. The molecule has 0 aromatic rings. The van der Waals surface area contributed by atoms with Crippen LogP contribution in [0.4, 0.5) is 0 Å². The molecule has 0 spiro atoms. The summed E-state index contributed by atoms with van der Waals surface area (Å²) in [5.74, 6) is -0.817. The molecule has 0 rings (SSSR count). The number of esters is 1. The van der Waals surface area contributed by atoms with E-state index in [1.807, 2.05) is 0 Å². The van der Waals surface area contributed by atoms with Crippen molar-refractivity contribution in [1.82, 2.24) is 0 Å². The number of carboxylic acids is 1. The van der Waals surface area contributed by atoms with Crippen molar-refractivity contribution in [2.24, 2.45) is 0 Å². The molecule has 0 fully saturated rings. The molecule has 0 amide bonds. The van der Waals surface area contributed by atoms with E-state index in [-0.39, 0.29) is 18.5 Å². The van der Waals surface area contributed by atoms with Crippen LogP contribution < -0.4 is 0 Å². The van der Waals surface area contributed by atoms with Gasteiger partial charge in [-0.3, -0.25) is 9.59 Å². The first-order valence-corrected chi connectivity index (χ1v) is 22.3. The highest BCUT2D eigenvalue weighted by molar-refractivity contribution is 5.69. The molecule has 1 atom stereocenters. The number of carbonyl (C=O) groups is 2. The number of unbranched alkanes of at least 4 members (excludes halogenated alkanes) is 21. The summed E-state index contributed by atoms with van der Waals surface area (Å²) in [5, 5.41) is 8.98. The summed E-state index contributed by atoms with van der Waals surface area (Å²) in [4.78, 5) is 23.6. The molecule has 52 heavy (non-hydrogen) atoms. The van der Waals surface area contributed by atoms with Crippen LogP contribution in [0.25, 0.3) is 0 Å². The SMILES string of the molecule is CC/C=C\C/C=C\C/C=C\C/C=C\C/C=C\CCCCCCCC(=O)OC(CCCCCCCCCCCCCCCCCC)CCCCC(=O)O. The van der Waals surface area contributed by atoms with E-state index in [0.717, 1.165) is 83.5 Å². The molecule has 1 N–H and O–H groups in total. The molecule has 0 aliphatic heterocycles. The van der Waals surface area contributed by atoms with Gasteiger partial charge in [-0.05, 0) is 83.5 Å². The Hall–Kier alpha value is -2.36. The van der Waals surface area contributed by atoms with Crippen LogP contribution in [0.3, 0.4) is 0 Å². The van der Waals surface area contributed by atoms with Gasteiger partial charge in [0.05, 0.1) is 0 Å². The van der Waals surface area contributed by atoms with Gasteiger partial charge in [0.2, 0.25) is 0 Å². The number of ether oxygens (including phenoxy) is 1. The number of rotatable bonds is 40. The standard InChI is InChI=1S/C48H84O4/c1-3-5-7-9-11-13-15-17-19-21-22-23-24-25-27-29-31-33-35-37-39-45-48(51)52-46(43-40-41-44-47(49)50)42-38-36-34-32-30-28-26-20-18-16-14-12-10-8-6-4-2/h5,7,11,13,17,19,22-23,25,27,46H,3-4,6,8-10,12,14-16,18,20-21,24,26,28-45H2,1-2H3,(H,49,50)/b7-5-,13-11-,19-17-,23-22-,27-25-. The highest BCUT2D eigenvalue weighted by Crippen LogP contribution is 2.19. The van der Waals surface area contributed by atoms with Crippen molar-refractivity contribution in [1.29, 1.82) is 0 Å². The number of aliphatic carboxylic acids is 1. The molecular weight excluding hydrogens is 641 g/mol. The largest absolute Gasteiger partial charge is 0.481 e. The molecule has 0 radical (unpaired) electrons. The van der Waals surface area contributed by atoms with Crippen molar-refractivity contribution < 1.29 is 19.4 Å². The Morgan fingerprint density at radius 3 is 1.27 bits per heavy atom. The Morgan fingerprint density at radius 2 is 0.808 bits per heavy atom. The smallest absolute Gasteiger partial charge is 0.306 e. The summed E-state index contributed by atoms with van der Waals surface area (Å²) in [6.45, 7) is 4.44. The normalized spacial score (nSPS) is 12.8. The van der Waals surface area contributed by atoms with Crippen LogP contribution >= 0.6 is 0 Å². The van der Waals surface area contributed by atoms with Crippen LogP contribution in [-0.2, 0) is 14.3 Å². The summed E-state index contributed by atoms with van der Waals surface area (Å²) in [7, 11) is 0. The highest BCUT2D eigenvalue weighted by Gasteiger charge is 2.14. The van der Waals surface area contributed by atoms with E-state index in [2.05, 4.69) is 74.6 Å². The second-order valence-electron chi connectivity index (χ2n) is 14.9. The van der Waals surface area contributed by atoms with Gasteiger partial charge in [-0.15, -0.1) is 0 Å². The second-order valence-corrected chi connectivity index (χ2v) is 14.9. The quantitative estimate of drug-likeness (QED) is 0.0388. The van der Waals surface area contributed by atoms with Gasteiger partial charge in [0.15, 0.2) is 0 Å². The lowest BCUT2D eigenvalue weighted by molar-refractivity contribution is -0.150. The molecule has 0 saturated heterocycles. The van der Waals surface area contributed by atoms with E-state index in [4.69, 9.17) is 9.84 Å². The van der Waals surface area contributed by atoms with Crippen molar-refractivity contribution in [2.45, 2.75) is 232 Å². The molecule has 0 aromatic heterocycles. The first-order valence-electron chi connectivity index (χ1n) is 22.3. The Kier molecular flexibility index (Phi) is 41.1. The molecule has 1 unspecified atom stereocenters. The number of hydrogen-bond donors (Lipinski definition) is 1. The maximum Gasteiger partial charge on any atom is 0.306 e. The van der Waals surface area contributed by atoms with E-state index in [1.165, 1.54) is 109 Å². The molecule has 4 heteroatoms. The summed E-state index contributed by atoms with van der Waals surface area (Å²) < 4.78 is 5.92. The van der Waals surface area contributed by atoms with Gasteiger partial charge in [-0.2, -0.15) is 0 Å². The monoisotopic (exact) mass is 725 g/mol. The van der Waals surface area contributed by atoms with Crippen molar-refractivity contribution in [2.75, 3.05) is 0 Å². The summed E-state index contributed by atoms with van der Waals surface area (Å²) in [6.07, 6.45) is 59.6. The molecule has 0 saturated carbocycles. The molecule has 0 heterocycles. The number of carbonyl (C=O) groups excluding carboxylic acids is 1. The predicted molar refractivity (Wildman–Crippen MR) is 227 cm³/mol. The van der Waals surface area contributed by atoms with Crippen molar-refractivity contribution in [3.05, 3.63) is 60.8 Å². The van der Waals surface area contributed by atoms with E-state index in [9.17, 15) is 9.59 Å². The fourth-order valence-electron chi connectivity index (χ4n) is 6.51. The highest BCUT2D eigenvalue weighted by atomic mass is 16.5. The first-order chi connectivity index (χ1) is 25.6. The molecule has 0 aromatic carbocycles. The Morgan fingerprint density at radius 1 is 0.442 bits per heavy atom. The topological polar surface area (TPSA) is 63.6 Å². The molecule has 300 valence electrons. The van der Waals surface area contributed by atoms with Crippen LogP contribution in [-0.4, -0.2) is 23.1 Å². The van der Waals surface area contributed by atoms with Gasteiger partial charge < -0.3 is 9.84 Å². The lowest BCUT2D eigenvalue weighted by Gasteiger charge is -2.18. The van der Waals surface area contributed by atoms with E-state index >= 15 is 0 Å². The van der Waals surface area contributed by atoms with Gasteiger partial charge in [0, 0.05) is 12.8 Å². The van der Waals surface area contributed by atoms with Gasteiger partial charge >= 0.3 is 11.9 Å². The minimum absolute atomic E-state index is 0.0589. The third kappa shape index (κ3) is 42.1. The Balaban J connectivity index is 3.90. The summed E-state index contributed by atoms with van der Waals surface area (Å²) >= 11 is 0. The average Bonchev–Trinajstić information content (AvgIpc) is 3.13. The molecule has 4 nitrogen and oxygen atoms in total. The van der Waals surface area contributed by atoms with Crippen LogP contribution in [0.15, 0.2) is 60.8 Å². The van der Waals surface area contributed by atoms with E-state index in [1.54, 1.807) is 0 Å². The Labute approximate surface area is 323 Å². The molecule has 0 bridgehead atoms. The summed E-state index contributed by atoms with van der Waals surface area (Å²) in [6, 6.07) is 0. The van der Waals surface area contributed by atoms with Gasteiger partial charge in [-0.1, -0.05) is 190 Å². The summed E-state index contributed by atoms with van der Waals surface area (Å²) in [5.41, 5.74) is 0. The lowest BCUT2D eigenvalue weighted by atomic mass is 10.0. The van der Waals surface area contributed by atoms with E-state index in [0.29, 0.717) is 12.8 Å². The minimum atomic E-state index is -0.746. The van der Waals surface area contributed by atoms with Crippen LogP contribution in [0.5, 0.6) is 0 Å². The van der Waals surface area contributed by atoms with Gasteiger partial charge in [-0.25, -0.2) is 0 Å². The number of allylic oxidation sites excluding steroid dienone is 10. The third-order valence-electron chi connectivity index (χ3n) is 9.75. The lowest BCUT2D eigenvalue weighted by Crippen LogP contribution is -2.18. The minimum Gasteiger partial charge on any atom is -0.481 e. The molecule has 0 aliphatic carbocycles. The molecule has 0 aliphatic rings. The van der Waals surface area contributed by atoms with Gasteiger partial charge in [0.25, 0.3) is 0 Å². The first kappa shape index (κ1) is 49.6. The van der Waals surface area contributed by atoms with Gasteiger partial charge in [0.1, 0.15) is 6.10 Å². The second kappa shape index (κ2) is 43.0. The zero-order chi connectivity index (χ0) is 37.8. The third-order valence-corrected chi connectivity index (χ3v) is 9.75. The number of hydrogen-bond acceptors (Lipinski definition) is 3. The van der Waals surface area contributed by atoms with E-state index < -0.39 is 5.97 Å².